The topological polar surface area (TPSA) is 105 Å². The molecule has 0 unspecified atom stereocenters. The van der Waals surface area contributed by atoms with Gasteiger partial charge in [-0.25, -0.2) is 8.42 Å². The summed E-state index contributed by atoms with van der Waals surface area (Å²) < 4.78 is 39.7. The molecule has 0 aliphatic carbocycles. The van der Waals surface area contributed by atoms with Crippen molar-refractivity contribution in [2.24, 2.45) is 0 Å². The first kappa shape index (κ1) is 33.7. The van der Waals surface area contributed by atoms with Crippen LogP contribution in [-0.2, 0) is 26.2 Å². The number of nitrogens with one attached hydrogen (secondary N) is 1. The maximum atomic E-state index is 14.2. The summed E-state index contributed by atoms with van der Waals surface area (Å²) in [6.45, 7) is 7.00. The van der Waals surface area contributed by atoms with Crippen molar-refractivity contribution in [2.45, 2.75) is 64.1 Å². The third kappa shape index (κ3) is 8.42. The second kappa shape index (κ2) is 15.1. The lowest BCUT2D eigenvalue weighted by molar-refractivity contribution is -0.140. The molecule has 1 N–H and O–H groups in total. The van der Waals surface area contributed by atoms with E-state index in [4.69, 9.17) is 21.1 Å². The Labute approximate surface area is 259 Å². The van der Waals surface area contributed by atoms with Crippen LogP contribution < -0.4 is 19.1 Å². The van der Waals surface area contributed by atoms with Gasteiger partial charge in [-0.3, -0.25) is 13.9 Å². The Balaban J connectivity index is 2.11. The summed E-state index contributed by atoms with van der Waals surface area (Å²) in [4.78, 5) is 29.1. The van der Waals surface area contributed by atoms with Crippen molar-refractivity contribution >= 4 is 39.1 Å². The van der Waals surface area contributed by atoms with E-state index in [0.29, 0.717) is 24.3 Å². The highest BCUT2D eigenvalue weighted by Gasteiger charge is 2.34. The van der Waals surface area contributed by atoms with Crippen molar-refractivity contribution < 1.29 is 27.5 Å². The summed E-state index contributed by atoms with van der Waals surface area (Å²) in [6, 6.07) is 17.1. The molecule has 11 heteroatoms. The number of hydrogen-bond donors (Lipinski definition) is 1. The Hall–Kier alpha value is -3.76. The van der Waals surface area contributed by atoms with Gasteiger partial charge >= 0.3 is 0 Å². The Morgan fingerprint density at radius 1 is 0.953 bits per heavy atom. The van der Waals surface area contributed by atoms with Crippen molar-refractivity contribution in [3.05, 3.63) is 82.9 Å². The molecular weight excluding hydrogens is 590 g/mol. The Morgan fingerprint density at radius 2 is 1.65 bits per heavy atom. The van der Waals surface area contributed by atoms with Crippen LogP contribution in [0.1, 0.15) is 44.7 Å². The smallest absolute Gasteiger partial charge is 0.264 e. The minimum Gasteiger partial charge on any atom is -0.497 e. The fourth-order valence-corrected chi connectivity index (χ4v) is 6.16. The van der Waals surface area contributed by atoms with Crippen LogP contribution in [0.2, 0.25) is 5.02 Å². The van der Waals surface area contributed by atoms with Gasteiger partial charge in [0.25, 0.3) is 10.0 Å². The highest BCUT2D eigenvalue weighted by molar-refractivity contribution is 7.92. The number of sulfonamides is 1. The average Bonchev–Trinajstić information content (AvgIpc) is 2.99. The van der Waals surface area contributed by atoms with Crippen LogP contribution in [-0.4, -0.2) is 58.0 Å². The van der Waals surface area contributed by atoms with Crippen molar-refractivity contribution in [3.63, 3.8) is 0 Å². The van der Waals surface area contributed by atoms with Crippen LogP contribution in [0, 0.1) is 6.92 Å². The molecule has 3 aromatic carbocycles. The monoisotopic (exact) mass is 629 g/mol. The number of carbonyl (C=O) groups is 2. The van der Waals surface area contributed by atoms with E-state index >= 15 is 0 Å². The minimum absolute atomic E-state index is 0.0127. The molecule has 0 radical (unpaired) electrons. The second-order valence-corrected chi connectivity index (χ2v) is 12.5. The Bertz CT molecular complexity index is 1510. The first-order chi connectivity index (χ1) is 20.4. The number of amides is 2. The SMILES string of the molecule is CC[C@@H](C)NC(=O)[C@@H](CC)N(Cc1cccc(OC)c1)C(=O)CN(c1ccc(OC)c(Cl)c1)S(=O)(=O)c1ccc(C)cc1. The summed E-state index contributed by atoms with van der Waals surface area (Å²) in [5, 5.41) is 3.15. The molecule has 2 atom stereocenters. The normalized spacial score (nSPS) is 12.6. The molecule has 0 fully saturated rings. The van der Waals surface area contributed by atoms with E-state index in [1.165, 1.54) is 36.3 Å². The number of ether oxygens (including phenoxy) is 2. The molecule has 0 spiro atoms. The van der Waals surface area contributed by atoms with Crippen molar-refractivity contribution in [2.75, 3.05) is 25.1 Å². The average molecular weight is 630 g/mol. The number of benzene rings is 3. The highest BCUT2D eigenvalue weighted by atomic mass is 35.5. The fraction of sp³-hybridized carbons (Fsp3) is 0.375. The summed E-state index contributed by atoms with van der Waals surface area (Å²) in [5.41, 5.74) is 1.79. The third-order valence-electron chi connectivity index (χ3n) is 7.19. The van der Waals surface area contributed by atoms with Crippen LogP contribution >= 0.6 is 11.6 Å². The standard InChI is InChI=1S/C32H40ClN3O6S/c1-7-23(4)34-32(38)29(8-2)35(20-24-10-9-11-26(18-24)41-5)31(37)21-36(25-14-17-30(42-6)28(33)19-25)43(39,40)27-15-12-22(3)13-16-27/h9-19,23,29H,7-8,20-21H2,1-6H3,(H,34,38)/t23-,29-/m1/s1. The molecule has 0 aromatic heterocycles. The van der Waals surface area contributed by atoms with E-state index in [-0.39, 0.29) is 34.1 Å². The lowest BCUT2D eigenvalue weighted by atomic mass is 10.1. The first-order valence-corrected chi connectivity index (χ1v) is 15.9. The van der Waals surface area contributed by atoms with Gasteiger partial charge in [0.2, 0.25) is 11.8 Å². The van der Waals surface area contributed by atoms with E-state index in [9.17, 15) is 18.0 Å². The predicted octanol–water partition coefficient (Wildman–Crippen LogP) is 5.58. The molecule has 0 saturated carbocycles. The zero-order valence-electron chi connectivity index (χ0n) is 25.5. The molecule has 0 aliphatic heterocycles. The maximum absolute atomic E-state index is 14.2. The molecular formula is C32H40ClN3O6S. The van der Waals surface area contributed by atoms with Gasteiger partial charge in [-0.15, -0.1) is 0 Å². The molecule has 232 valence electrons. The molecule has 2 amide bonds. The number of halogens is 1. The van der Waals surface area contributed by atoms with Crippen LogP contribution in [0.25, 0.3) is 0 Å². The van der Waals surface area contributed by atoms with Crippen LogP contribution in [0.3, 0.4) is 0 Å². The van der Waals surface area contributed by atoms with Gasteiger partial charge in [-0.2, -0.15) is 0 Å². The second-order valence-electron chi connectivity index (χ2n) is 10.3. The van der Waals surface area contributed by atoms with Crippen LogP contribution in [0.15, 0.2) is 71.6 Å². The highest BCUT2D eigenvalue weighted by Crippen LogP contribution is 2.32. The quantitative estimate of drug-likeness (QED) is 0.250. The van der Waals surface area contributed by atoms with Gasteiger partial charge in [0.1, 0.15) is 24.1 Å². The largest absolute Gasteiger partial charge is 0.497 e. The molecule has 9 nitrogen and oxygen atoms in total. The van der Waals surface area contributed by atoms with E-state index in [1.807, 2.05) is 33.8 Å². The summed E-state index contributed by atoms with van der Waals surface area (Å²) in [7, 11) is -1.23. The zero-order valence-corrected chi connectivity index (χ0v) is 27.0. The summed E-state index contributed by atoms with van der Waals surface area (Å²) in [6.07, 6.45) is 1.03. The zero-order chi connectivity index (χ0) is 31.7. The van der Waals surface area contributed by atoms with E-state index in [0.717, 1.165) is 15.4 Å². The predicted molar refractivity (Wildman–Crippen MR) is 169 cm³/mol. The molecule has 0 saturated heterocycles. The molecule has 3 aromatic rings. The van der Waals surface area contributed by atoms with Crippen molar-refractivity contribution in [1.82, 2.24) is 10.2 Å². The lowest BCUT2D eigenvalue weighted by Gasteiger charge is -2.34. The van der Waals surface area contributed by atoms with Gasteiger partial charge in [0.05, 0.1) is 29.8 Å². The summed E-state index contributed by atoms with van der Waals surface area (Å²) >= 11 is 6.40. The van der Waals surface area contributed by atoms with Crippen LogP contribution in [0.5, 0.6) is 11.5 Å². The third-order valence-corrected chi connectivity index (χ3v) is 9.27. The number of hydrogen-bond acceptors (Lipinski definition) is 6. The number of rotatable bonds is 14. The first-order valence-electron chi connectivity index (χ1n) is 14.1. The lowest BCUT2D eigenvalue weighted by Crippen LogP contribution is -2.53. The fourth-order valence-electron chi connectivity index (χ4n) is 4.50. The number of anilines is 1. The van der Waals surface area contributed by atoms with E-state index < -0.39 is 28.5 Å². The molecule has 0 bridgehead atoms. The number of aryl methyl sites for hydroxylation is 1. The number of nitrogens with zero attached hydrogens (tertiary/aromatic N) is 2. The van der Waals surface area contributed by atoms with Gasteiger partial charge in [-0.05, 0) is 74.7 Å². The molecule has 3 rings (SSSR count). The van der Waals surface area contributed by atoms with Gasteiger partial charge < -0.3 is 19.7 Å². The molecule has 0 heterocycles. The maximum Gasteiger partial charge on any atom is 0.264 e. The van der Waals surface area contributed by atoms with Gasteiger partial charge in [0, 0.05) is 12.6 Å². The van der Waals surface area contributed by atoms with E-state index in [2.05, 4.69) is 5.32 Å². The molecule has 43 heavy (non-hydrogen) atoms. The van der Waals surface area contributed by atoms with Gasteiger partial charge in [0.15, 0.2) is 0 Å². The van der Waals surface area contributed by atoms with E-state index in [1.54, 1.807) is 43.5 Å². The molecule has 0 aliphatic rings. The van der Waals surface area contributed by atoms with Crippen molar-refractivity contribution in [3.8, 4) is 11.5 Å². The Kier molecular flexibility index (Phi) is 11.9. The van der Waals surface area contributed by atoms with Crippen LogP contribution in [0.4, 0.5) is 5.69 Å². The van der Waals surface area contributed by atoms with Crippen molar-refractivity contribution in [1.29, 1.82) is 0 Å². The summed E-state index contributed by atoms with van der Waals surface area (Å²) in [5.74, 6) is 0.0837. The van der Waals surface area contributed by atoms with Gasteiger partial charge in [-0.1, -0.05) is 55.3 Å². The number of carbonyl (C=O) groups excluding carboxylic acids is 2. The minimum atomic E-state index is -4.23. The Morgan fingerprint density at radius 3 is 2.23 bits per heavy atom. The number of methoxy groups -OCH3 is 2.